The van der Waals surface area contributed by atoms with E-state index >= 15 is 0 Å². The van der Waals surface area contributed by atoms with Crippen molar-refractivity contribution in [2.24, 2.45) is 5.10 Å². The van der Waals surface area contributed by atoms with E-state index in [2.05, 4.69) is 64.5 Å². The van der Waals surface area contributed by atoms with Crippen LogP contribution in [0.25, 0.3) is 10.9 Å². The van der Waals surface area contributed by atoms with E-state index in [1.165, 1.54) is 4.68 Å². The van der Waals surface area contributed by atoms with Crippen LogP contribution in [0.4, 0.5) is 0 Å². The molecule has 0 aliphatic carbocycles. The van der Waals surface area contributed by atoms with E-state index in [9.17, 15) is 4.79 Å². The molecule has 0 saturated heterocycles. The average molecular weight is 584 g/mol. The van der Waals surface area contributed by atoms with Gasteiger partial charge in [-0.1, -0.05) is 42.4 Å². The summed E-state index contributed by atoms with van der Waals surface area (Å²) in [5.74, 6) is 1.31. The molecular formula is C21H18Br3N3O2. The van der Waals surface area contributed by atoms with Crippen LogP contribution < -0.4 is 10.3 Å². The number of halogens is 3. The van der Waals surface area contributed by atoms with Crippen molar-refractivity contribution in [2.75, 3.05) is 6.61 Å². The zero-order valence-corrected chi connectivity index (χ0v) is 20.6. The van der Waals surface area contributed by atoms with E-state index in [1.54, 1.807) is 18.4 Å². The summed E-state index contributed by atoms with van der Waals surface area (Å²) in [6.07, 6.45) is 3.31. The van der Waals surface area contributed by atoms with Gasteiger partial charge in [0.05, 0.1) is 26.1 Å². The molecule has 0 N–H and O–H groups in total. The minimum absolute atomic E-state index is 0.0287. The number of fused-ring (bicyclic) bond motifs is 1. The molecule has 0 fully saturated rings. The highest BCUT2D eigenvalue weighted by molar-refractivity contribution is 9.11. The summed E-state index contributed by atoms with van der Waals surface area (Å²) >= 11 is 10.4. The zero-order valence-electron chi connectivity index (χ0n) is 15.8. The lowest BCUT2D eigenvalue weighted by atomic mass is 10.2. The first-order chi connectivity index (χ1) is 13.8. The highest BCUT2D eigenvalue weighted by Crippen LogP contribution is 2.34. The fourth-order valence-electron chi connectivity index (χ4n) is 2.71. The maximum absolute atomic E-state index is 13.1. The highest BCUT2D eigenvalue weighted by Gasteiger charge is 2.14. The van der Waals surface area contributed by atoms with Gasteiger partial charge in [0.15, 0.2) is 0 Å². The van der Waals surface area contributed by atoms with E-state index in [0.29, 0.717) is 29.1 Å². The normalized spacial score (nSPS) is 11.5. The molecule has 1 aromatic heterocycles. The Bertz CT molecular complexity index is 1150. The SMILES string of the molecule is C=CCOc1c(Br)cc(C=Nn2c(C(C)C)nc3ccc(Br)cc3c2=O)cc1Br. The number of hydrogen-bond donors (Lipinski definition) is 0. The van der Waals surface area contributed by atoms with Gasteiger partial charge in [0.2, 0.25) is 0 Å². The molecule has 0 atom stereocenters. The summed E-state index contributed by atoms with van der Waals surface area (Å²) in [6, 6.07) is 9.21. The van der Waals surface area contributed by atoms with Gasteiger partial charge in [-0.3, -0.25) is 4.79 Å². The van der Waals surface area contributed by atoms with Crippen molar-refractivity contribution in [3.63, 3.8) is 0 Å². The summed E-state index contributed by atoms with van der Waals surface area (Å²) in [5, 5.41) is 4.96. The molecule has 0 bridgehead atoms. The van der Waals surface area contributed by atoms with Gasteiger partial charge < -0.3 is 4.74 Å². The van der Waals surface area contributed by atoms with Crippen molar-refractivity contribution >= 4 is 64.9 Å². The maximum Gasteiger partial charge on any atom is 0.282 e. The summed E-state index contributed by atoms with van der Waals surface area (Å²) in [7, 11) is 0. The summed E-state index contributed by atoms with van der Waals surface area (Å²) in [5.41, 5.74) is 1.24. The van der Waals surface area contributed by atoms with E-state index in [1.807, 2.05) is 38.1 Å². The smallest absolute Gasteiger partial charge is 0.282 e. The average Bonchev–Trinajstić information content (AvgIpc) is 2.67. The maximum atomic E-state index is 13.1. The molecule has 8 heteroatoms. The molecule has 0 radical (unpaired) electrons. The molecule has 0 amide bonds. The second-order valence-corrected chi connectivity index (χ2v) is 9.19. The van der Waals surface area contributed by atoms with Gasteiger partial charge >= 0.3 is 0 Å². The fraction of sp³-hybridized carbons (Fsp3) is 0.190. The molecule has 0 unspecified atom stereocenters. The summed E-state index contributed by atoms with van der Waals surface area (Å²) in [4.78, 5) is 17.7. The zero-order chi connectivity index (χ0) is 21.1. The van der Waals surface area contributed by atoms with Crippen LogP contribution in [0, 0.1) is 0 Å². The van der Waals surface area contributed by atoms with Gasteiger partial charge in [-0.15, -0.1) is 0 Å². The molecular weight excluding hydrogens is 566 g/mol. The fourth-order valence-corrected chi connectivity index (χ4v) is 4.52. The second kappa shape index (κ2) is 9.36. The first kappa shape index (κ1) is 21.9. The molecule has 0 aliphatic rings. The standard InChI is InChI=1S/C21H18Br3N3O2/c1-4-7-29-19-16(23)8-13(9-17(19)24)11-25-27-20(12(2)3)26-18-6-5-14(22)10-15(18)21(27)28/h4-6,8-12H,1,7H2,2-3H3. The van der Waals surface area contributed by atoms with Gasteiger partial charge in [-0.2, -0.15) is 9.78 Å². The van der Waals surface area contributed by atoms with Gasteiger partial charge in [-0.25, -0.2) is 4.98 Å². The lowest BCUT2D eigenvalue weighted by Gasteiger charge is -2.12. The van der Waals surface area contributed by atoms with Crippen LogP contribution >= 0.6 is 47.8 Å². The largest absolute Gasteiger partial charge is 0.487 e. The van der Waals surface area contributed by atoms with Crippen LogP contribution in [0.5, 0.6) is 5.75 Å². The predicted molar refractivity (Wildman–Crippen MR) is 128 cm³/mol. The predicted octanol–water partition coefficient (Wildman–Crippen LogP) is 6.25. The Morgan fingerprint density at radius 3 is 2.52 bits per heavy atom. The van der Waals surface area contributed by atoms with Gasteiger partial charge in [0.1, 0.15) is 18.2 Å². The van der Waals surface area contributed by atoms with Gasteiger partial charge in [0.25, 0.3) is 5.56 Å². The number of nitrogens with zero attached hydrogens (tertiary/aromatic N) is 3. The van der Waals surface area contributed by atoms with Crippen molar-refractivity contribution in [3.8, 4) is 5.75 Å². The van der Waals surface area contributed by atoms with Crippen LogP contribution in [0.15, 0.2) is 66.3 Å². The second-order valence-electron chi connectivity index (χ2n) is 6.56. The Hall–Kier alpha value is -1.77. The molecule has 0 spiro atoms. The Balaban J connectivity index is 2.08. The van der Waals surface area contributed by atoms with Crippen LogP contribution in [-0.2, 0) is 0 Å². The summed E-state index contributed by atoms with van der Waals surface area (Å²) < 4.78 is 9.36. The Kier molecular flexibility index (Phi) is 7.08. The van der Waals surface area contributed by atoms with Crippen LogP contribution in [-0.4, -0.2) is 22.5 Å². The number of hydrogen-bond acceptors (Lipinski definition) is 4. The molecule has 1 heterocycles. The minimum Gasteiger partial charge on any atom is -0.487 e. The lowest BCUT2D eigenvalue weighted by molar-refractivity contribution is 0.358. The summed E-state index contributed by atoms with van der Waals surface area (Å²) in [6.45, 7) is 8.02. The molecule has 0 aliphatic heterocycles. The first-order valence-corrected chi connectivity index (χ1v) is 11.2. The highest BCUT2D eigenvalue weighted by atomic mass is 79.9. The van der Waals surface area contributed by atoms with Crippen molar-refractivity contribution in [3.05, 3.63) is 78.1 Å². The van der Waals surface area contributed by atoms with Crippen molar-refractivity contribution in [1.29, 1.82) is 0 Å². The number of aromatic nitrogens is 2. The van der Waals surface area contributed by atoms with Crippen molar-refractivity contribution < 1.29 is 4.74 Å². The van der Waals surface area contributed by atoms with Crippen LogP contribution in [0.1, 0.15) is 31.2 Å². The third-order valence-corrected chi connectivity index (χ3v) is 5.71. The van der Waals surface area contributed by atoms with E-state index in [-0.39, 0.29) is 11.5 Å². The quantitative estimate of drug-likeness (QED) is 0.254. The third-order valence-electron chi connectivity index (χ3n) is 4.04. The third kappa shape index (κ3) is 4.87. The first-order valence-electron chi connectivity index (χ1n) is 8.81. The van der Waals surface area contributed by atoms with Gasteiger partial charge in [0, 0.05) is 10.4 Å². The van der Waals surface area contributed by atoms with Crippen LogP contribution in [0.2, 0.25) is 0 Å². The van der Waals surface area contributed by atoms with Crippen molar-refractivity contribution in [2.45, 2.75) is 19.8 Å². The monoisotopic (exact) mass is 581 g/mol. The van der Waals surface area contributed by atoms with E-state index in [0.717, 1.165) is 19.0 Å². The van der Waals surface area contributed by atoms with Crippen molar-refractivity contribution in [1.82, 2.24) is 9.66 Å². The molecule has 2 aromatic carbocycles. The molecule has 0 saturated carbocycles. The van der Waals surface area contributed by atoms with E-state index < -0.39 is 0 Å². The Labute approximate surface area is 193 Å². The number of ether oxygens (including phenoxy) is 1. The Morgan fingerprint density at radius 2 is 1.90 bits per heavy atom. The van der Waals surface area contributed by atoms with Gasteiger partial charge in [-0.05, 0) is 67.8 Å². The molecule has 5 nitrogen and oxygen atoms in total. The number of rotatable bonds is 6. The minimum atomic E-state index is -0.208. The van der Waals surface area contributed by atoms with Crippen LogP contribution in [0.3, 0.4) is 0 Å². The molecule has 3 aromatic rings. The Morgan fingerprint density at radius 1 is 1.21 bits per heavy atom. The molecule has 3 rings (SSSR count). The molecule has 150 valence electrons. The van der Waals surface area contributed by atoms with E-state index in [4.69, 9.17) is 4.74 Å². The topological polar surface area (TPSA) is 56.5 Å². The number of benzene rings is 2. The molecule has 29 heavy (non-hydrogen) atoms. The lowest BCUT2D eigenvalue weighted by Crippen LogP contribution is -2.23.